The molecule has 0 spiro atoms. The summed E-state index contributed by atoms with van der Waals surface area (Å²) in [4.78, 5) is 23.1. The Labute approximate surface area is 107 Å². The number of halogens is 1. The molecule has 1 aromatic carbocycles. The van der Waals surface area contributed by atoms with Crippen molar-refractivity contribution in [3.63, 3.8) is 0 Å². The molecular formula is C12H9ClO3S. The van der Waals surface area contributed by atoms with Crippen molar-refractivity contribution in [2.45, 2.75) is 5.88 Å². The molecule has 0 radical (unpaired) electrons. The molecule has 2 aromatic rings. The molecule has 0 fully saturated rings. The number of hydrogen-bond donors (Lipinski definition) is 0. The van der Waals surface area contributed by atoms with Gasteiger partial charge in [0.15, 0.2) is 0 Å². The molecule has 3 nitrogen and oxygen atoms in total. The second-order valence-corrected chi connectivity index (χ2v) is 4.49. The first-order chi connectivity index (χ1) is 8.15. The second-order valence-electron chi connectivity index (χ2n) is 3.44. The van der Waals surface area contributed by atoms with Crippen molar-refractivity contribution in [1.82, 2.24) is 0 Å². The fourth-order valence-electron chi connectivity index (χ4n) is 1.51. The maximum absolute atomic E-state index is 11.6. The standard InChI is InChI=1S/C12H9ClO3S/c1-17-12(15)9-5-8-4-7(6-13)2-3-10(8)16-11(9)14/h2-5H,6H2,1H3. The molecule has 1 heterocycles. The summed E-state index contributed by atoms with van der Waals surface area (Å²) in [5, 5.41) is 0.414. The van der Waals surface area contributed by atoms with Gasteiger partial charge in [0, 0.05) is 11.3 Å². The van der Waals surface area contributed by atoms with Gasteiger partial charge < -0.3 is 4.42 Å². The molecule has 0 bridgehead atoms. The molecule has 17 heavy (non-hydrogen) atoms. The molecule has 5 heteroatoms. The SMILES string of the molecule is CSC(=O)c1cc2cc(CCl)ccc2oc1=O. The Balaban J connectivity index is 2.68. The third kappa shape index (κ3) is 2.37. The number of hydrogen-bond acceptors (Lipinski definition) is 4. The van der Waals surface area contributed by atoms with Gasteiger partial charge >= 0.3 is 5.63 Å². The van der Waals surface area contributed by atoms with Crippen LogP contribution in [-0.2, 0) is 5.88 Å². The Morgan fingerprint density at radius 3 is 2.82 bits per heavy atom. The zero-order valence-corrected chi connectivity index (χ0v) is 10.6. The van der Waals surface area contributed by atoms with Crippen LogP contribution in [0, 0.1) is 0 Å². The highest BCUT2D eigenvalue weighted by molar-refractivity contribution is 8.13. The minimum absolute atomic E-state index is 0.0664. The quantitative estimate of drug-likeness (QED) is 0.620. The predicted molar refractivity (Wildman–Crippen MR) is 69.9 cm³/mol. The molecule has 0 unspecified atom stereocenters. The monoisotopic (exact) mass is 268 g/mol. The minimum Gasteiger partial charge on any atom is -0.422 e. The van der Waals surface area contributed by atoms with Crippen molar-refractivity contribution in [2.24, 2.45) is 0 Å². The summed E-state index contributed by atoms with van der Waals surface area (Å²) in [6, 6.07) is 6.83. The van der Waals surface area contributed by atoms with Crippen molar-refractivity contribution >= 4 is 39.4 Å². The third-order valence-electron chi connectivity index (χ3n) is 2.36. The van der Waals surface area contributed by atoms with Gasteiger partial charge in [-0.1, -0.05) is 17.8 Å². The molecule has 1 aromatic heterocycles. The zero-order valence-electron chi connectivity index (χ0n) is 9.03. The van der Waals surface area contributed by atoms with Crippen LogP contribution in [0.4, 0.5) is 0 Å². The van der Waals surface area contributed by atoms with E-state index in [0.29, 0.717) is 16.8 Å². The van der Waals surface area contributed by atoms with E-state index in [2.05, 4.69) is 0 Å². The summed E-state index contributed by atoms with van der Waals surface area (Å²) in [7, 11) is 0. The summed E-state index contributed by atoms with van der Waals surface area (Å²) >= 11 is 6.71. The van der Waals surface area contributed by atoms with Gasteiger partial charge in [0.05, 0.1) is 0 Å². The van der Waals surface area contributed by atoms with Gasteiger partial charge in [0.2, 0.25) is 5.12 Å². The van der Waals surface area contributed by atoms with Crippen LogP contribution >= 0.6 is 23.4 Å². The van der Waals surface area contributed by atoms with Crippen molar-refractivity contribution < 1.29 is 9.21 Å². The van der Waals surface area contributed by atoms with Gasteiger partial charge in [0.25, 0.3) is 0 Å². The van der Waals surface area contributed by atoms with E-state index in [0.717, 1.165) is 17.3 Å². The molecule has 0 atom stereocenters. The van der Waals surface area contributed by atoms with Gasteiger partial charge in [-0.3, -0.25) is 4.79 Å². The maximum atomic E-state index is 11.6. The number of thioether (sulfide) groups is 1. The van der Waals surface area contributed by atoms with E-state index in [4.69, 9.17) is 16.0 Å². The van der Waals surface area contributed by atoms with E-state index in [1.807, 2.05) is 6.07 Å². The van der Waals surface area contributed by atoms with Gasteiger partial charge in [-0.05, 0) is 30.0 Å². The lowest BCUT2D eigenvalue weighted by Crippen LogP contribution is -2.11. The molecule has 88 valence electrons. The van der Waals surface area contributed by atoms with Crippen molar-refractivity contribution in [2.75, 3.05) is 6.26 Å². The van der Waals surface area contributed by atoms with Gasteiger partial charge in [-0.2, -0.15) is 0 Å². The first kappa shape index (κ1) is 12.2. The van der Waals surface area contributed by atoms with E-state index in [1.54, 1.807) is 24.5 Å². The highest BCUT2D eigenvalue weighted by Crippen LogP contribution is 2.18. The highest BCUT2D eigenvalue weighted by Gasteiger charge is 2.12. The average molecular weight is 269 g/mol. The van der Waals surface area contributed by atoms with Crippen molar-refractivity contribution in [3.05, 3.63) is 45.8 Å². The topological polar surface area (TPSA) is 47.3 Å². The van der Waals surface area contributed by atoms with Crippen LogP contribution in [0.25, 0.3) is 11.0 Å². The van der Waals surface area contributed by atoms with Crippen molar-refractivity contribution in [1.29, 1.82) is 0 Å². The van der Waals surface area contributed by atoms with E-state index >= 15 is 0 Å². The van der Waals surface area contributed by atoms with E-state index in [1.165, 1.54) is 0 Å². The molecule has 0 amide bonds. The Bertz CT molecular complexity index is 633. The van der Waals surface area contributed by atoms with Crippen molar-refractivity contribution in [3.8, 4) is 0 Å². The number of rotatable bonds is 2. The number of carbonyl (C=O) groups excluding carboxylic acids is 1. The molecule has 2 rings (SSSR count). The molecule has 0 N–H and O–H groups in total. The third-order valence-corrected chi connectivity index (χ3v) is 3.26. The summed E-state index contributed by atoms with van der Waals surface area (Å²) in [5.41, 5.74) is 0.837. The molecule has 0 aliphatic rings. The Hall–Kier alpha value is -1.26. The Kier molecular flexibility index (Phi) is 3.54. The normalized spacial score (nSPS) is 10.7. The lowest BCUT2D eigenvalue weighted by Gasteiger charge is -2.01. The van der Waals surface area contributed by atoms with E-state index in [9.17, 15) is 9.59 Å². The molecule has 0 saturated carbocycles. The second kappa shape index (κ2) is 4.94. The number of alkyl halides is 1. The van der Waals surface area contributed by atoms with Gasteiger partial charge in [-0.15, -0.1) is 11.6 Å². The zero-order chi connectivity index (χ0) is 12.4. The number of carbonyl (C=O) groups is 1. The number of fused-ring (bicyclic) bond motifs is 1. The maximum Gasteiger partial charge on any atom is 0.348 e. The fourth-order valence-corrected chi connectivity index (χ4v) is 2.04. The van der Waals surface area contributed by atoms with Crippen LogP contribution < -0.4 is 5.63 Å². The predicted octanol–water partition coefficient (Wildman–Crippen LogP) is 3.04. The fraction of sp³-hybridized carbons (Fsp3) is 0.167. The summed E-state index contributed by atoms with van der Waals surface area (Å²) < 4.78 is 5.08. The van der Waals surface area contributed by atoms with Crippen LogP contribution in [0.1, 0.15) is 15.9 Å². The summed E-state index contributed by atoms with van der Waals surface area (Å²) in [6.45, 7) is 0. The summed E-state index contributed by atoms with van der Waals surface area (Å²) in [5.74, 6) is 0.376. The van der Waals surface area contributed by atoms with Crippen LogP contribution in [0.15, 0.2) is 33.5 Å². The minimum atomic E-state index is -0.601. The molecule has 0 aliphatic heterocycles. The first-order valence-corrected chi connectivity index (χ1v) is 6.62. The highest BCUT2D eigenvalue weighted by atomic mass is 35.5. The van der Waals surface area contributed by atoms with Crippen LogP contribution in [0.5, 0.6) is 0 Å². The lowest BCUT2D eigenvalue weighted by molar-refractivity contribution is 0.108. The number of benzene rings is 1. The molecule has 0 saturated heterocycles. The molecular weight excluding hydrogens is 260 g/mol. The largest absolute Gasteiger partial charge is 0.422 e. The van der Waals surface area contributed by atoms with Crippen LogP contribution in [0.3, 0.4) is 0 Å². The average Bonchev–Trinajstić information content (AvgIpc) is 2.36. The van der Waals surface area contributed by atoms with Crippen LogP contribution in [0.2, 0.25) is 0 Å². The molecule has 0 aliphatic carbocycles. The Morgan fingerprint density at radius 1 is 1.41 bits per heavy atom. The first-order valence-electron chi connectivity index (χ1n) is 4.87. The van der Waals surface area contributed by atoms with E-state index < -0.39 is 5.63 Å². The smallest absolute Gasteiger partial charge is 0.348 e. The summed E-state index contributed by atoms with van der Waals surface area (Å²) in [6.07, 6.45) is 1.63. The Morgan fingerprint density at radius 2 is 2.18 bits per heavy atom. The van der Waals surface area contributed by atoms with E-state index in [-0.39, 0.29) is 10.7 Å². The van der Waals surface area contributed by atoms with Gasteiger partial charge in [-0.25, -0.2) is 4.79 Å². The lowest BCUT2D eigenvalue weighted by atomic mass is 10.1. The van der Waals surface area contributed by atoms with Crippen LogP contribution in [-0.4, -0.2) is 11.4 Å². The van der Waals surface area contributed by atoms with Gasteiger partial charge in [0.1, 0.15) is 11.1 Å².